The third-order valence-corrected chi connectivity index (χ3v) is 5.44. The van der Waals surface area contributed by atoms with E-state index < -0.39 is 30.2 Å². The number of ether oxygens (including phenoxy) is 2. The third-order valence-electron chi connectivity index (χ3n) is 4.95. The Balaban J connectivity index is 1.81. The second kappa shape index (κ2) is 10.3. The molecule has 0 aliphatic carbocycles. The number of urea groups is 1. The van der Waals surface area contributed by atoms with Gasteiger partial charge in [-0.05, 0) is 32.0 Å². The lowest BCUT2D eigenvalue weighted by Crippen LogP contribution is -2.64. The minimum absolute atomic E-state index is 0.0475. The SMILES string of the molecule is COc1ccc(Br)cc1/C=N/NC1=NC2C(C(=O)NC(=O)N2C)N1CC(O)COC(C)C. The van der Waals surface area contributed by atoms with E-state index >= 15 is 0 Å². The van der Waals surface area contributed by atoms with Gasteiger partial charge in [0.15, 0.2) is 12.2 Å². The number of hydrogen-bond acceptors (Lipinski definition) is 9. The molecule has 0 bridgehead atoms. The monoisotopic (exact) mass is 510 g/mol. The minimum atomic E-state index is -0.881. The lowest BCUT2D eigenvalue weighted by Gasteiger charge is -2.36. The standard InChI is InChI=1S/C20H27BrN6O5/c1-11(2)32-10-14(28)9-27-16-17(26(3)20(30)24-18(16)29)23-19(27)25-22-8-12-7-13(21)5-6-15(12)31-4/h5-8,11,14,16-17,28H,9-10H2,1-4H3,(H,23,25)(H,24,29,30)/b22-8+. The molecule has 3 amide bonds. The van der Waals surface area contributed by atoms with Crippen LogP contribution in [-0.2, 0) is 9.53 Å². The van der Waals surface area contributed by atoms with Gasteiger partial charge in [-0.25, -0.2) is 15.2 Å². The van der Waals surface area contributed by atoms with Gasteiger partial charge < -0.3 is 24.4 Å². The number of aliphatic imine (C=N–C) groups is 1. The van der Waals surface area contributed by atoms with Gasteiger partial charge in [-0.3, -0.25) is 10.1 Å². The van der Waals surface area contributed by atoms with Crippen LogP contribution in [-0.4, -0.2) is 90.7 Å². The third kappa shape index (κ3) is 5.37. The first-order chi connectivity index (χ1) is 15.2. The summed E-state index contributed by atoms with van der Waals surface area (Å²) >= 11 is 3.41. The molecule has 0 radical (unpaired) electrons. The van der Waals surface area contributed by atoms with Gasteiger partial charge in [0.2, 0.25) is 5.96 Å². The maximum atomic E-state index is 12.6. The van der Waals surface area contributed by atoms with Crippen LogP contribution in [0.25, 0.3) is 0 Å². The zero-order valence-corrected chi connectivity index (χ0v) is 19.9. The number of hydrazone groups is 1. The van der Waals surface area contributed by atoms with E-state index in [-0.39, 0.29) is 25.2 Å². The number of carbonyl (C=O) groups is 2. The van der Waals surface area contributed by atoms with Gasteiger partial charge in [0.25, 0.3) is 5.91 Å². The molecule has 1 fully saturated rings. The fraction of sp³-hybridized carbons (Fsp3) is 0.500. The average molecular weight is 511 g/mol. The number of guanidine groups is 1. The highest BCUT2D eigenvalue weighted by atomic mass is 79.9. The van der Waals surface area contributed by atoms with Crippen molar-refractivity contribution < 1.29 is 24.2 Å². The molecule has 2 aliphatic heterocycles. The van der Waals surface area contributed by atoms with E-state index in [9.17, 15) is 14.7 Å². The highest BCUT2D eigenvalue weighted by Crippen LogP contribution is 2.24. The zero-order chi connectivity index (χ0) is 23.4. The highest BCUT2D eigenvalue weighted by molar-refractivity contribution is 9.10. The number of nitrogens with zero attached hydrogens (tertiary/aromatic N) is 4. The summed E-state index contributed by atoms with van der Waals surface area (Å²) in [4.78, 5) is 32.0. The predicted molar refractivity (Wildman–Crippen MR) is 122 cm³/mol. The summed E-state index contributed by atoms with van der Waals surface area (Å²) in [5.41, 5.74) is 3.55. The Kier molecular flexibility index (Phi) is 7.69. The van der Waals surface area contributed by atoms with E-state index in [1.54, 1.807) is 31.3 Å². The highest BCUT2D eigenvalue weighted by Gasteiger charge is 2.49. The maximum absolute atomic E-state index is 12.6. The molecule has 0 aromatic heterocycles. The van der Waals surface area contributed by atoms with Crippen LogP contribution in [0.5, 0.6) is 5.75 Å². The summed E-state index contributed by atoms with van der Waals surface area (Å²) in [6, 6.07) is 4.15. The number of aliphatic hydroxyl groups excluding tert-OH is 1. The van der Waals surface area contributed by atoms with Crippen molar-refractivity contribution in [2.24, 2.45) is 10.1 Å². The molecule has 3 unspecified atom stereocenters. The molecule has 3 N–H and O–H groups in total. The van der Waals surface area contributed by atoms with Crippen molar-refractivity contribution in [1.82, 2.24) is 20.5 Å². The Morgan fingerprint density at radius 2 is 2.16 bits per heavy atom. The van der Waals surface area contributed by atoms with E-state index in [2.05, 4.69) is 36.8 Å². The number of β-amino-alcohol motifs (C(OH)–C–C–N with tert-alkyl or cyclic N) is 1. The summed E-state index contributed by atoms with van der Waals surface area (Å²) in [5.74, 6) is 0.391. The largest absolute Gasteiger partial charge is 0.496 e. The number of nitrogens with one attached hydrogen (secondary N) is 2. The number of methoxy groups -OCH3 is 1. The molecular formula is C20H27BrN6O5. The summed E-state index contributed by atoms with van der Waals surface area (Å²) in [6.45, 7) is 3.89. The van der Waals surface area contributed by atoms with E-state index in [1.807, 2.05) is 26.0 Å². The first-order valence-electron chi connectivity index (χ1n) is 10.1. The number of benzene rings is 1. The molecule has 0 saturated carbocycles. The van der Waals surface area contributed by atoms with Crippen molar-refractivity contribution >= 4 is 40.0 Å². The van der Waals surface area contributed by atoms with E-state index in [4.69, 9.17) is 9.47 Å². The number of likely N-dealkylation sites (N-methyl/N-ethyl adjacent to an activating group) is 1. The van der Waals surface area contributed by atoms with Gasteiger partial charge in [0.1, 0.15) is 5.75 Å². The molecule has 1 aromatic rings. The second-order valence-electron chi connectivity index (χ2n) is 7.66. The van der Waals surface area contributed by atoms with Gasteiger partial charge >= 0.3 is 6.03 Å². The van der Waals surface area contributed by atoms with Crippen molar-refractivity contribution in [3.63, 3.8) is 0 Å². The van der Waals surface area contributed by atoms with Crippen LogP contribution < -0.4 is 15.5 Å². The number of fused-ring (bicyclic) bond motifs is 1. The van der Waals surface area contributed by atoms with Crippen LogP contribution in [0, 0.1) is 0 Å². The maximum Gasteiger partial charge on any atom is 0.325 e. The molecule has 174 valence electrons. The fourth-order valence-electron chi connectivity index (χ4n) is 3.37. The Morgan fingerprint density at radius 1 is 1.41 bits per heavy atom. The van der Waals surface area contributed by atoms with Crippen LogP contribution in [0.1, 0.15) is 19.4 Å². The molecule has 32 heavy (non-hydrogen) atoms. The topological polar surface area (TPSA) is 128 Å². The number of carbonyl (C=O) groups excluding carboxylic acids is 2. The van der Waals surface area contributed by atoms with E-state index in [1.165, 1.54) is 4.90 Å². The average Bonchev–Trinajstić information content (AvgIpc) is 3.09. The smallest absolute Gasteiger partial charge is 0.325 e. The molecule has 3 rings (SSSR count). The van der Waals surface area contributed by atoms with Crippen LogP contribution in [0.15, 0.2) is 32.8 Å². The summed E-state index contributed by atoms with van der Waals surface area (Å²) in [7, 11) is 3.12. The summed E-state index contributed by atoms with van der Waals surface area (Å²) in [5, 5.41) is 17.0. The fourth-order valence-corrected chi connectivity index (χ4v) is 3.75. The van der Waals surface area contributed by atoms with Gasteiger partial charge in [-0.2, -0.15) is 5.10 Å². The van der Waals surface area contributed by atoms with Crippen LogP contribution in [0.2, 0.25) is 0 Å². The van der Waals surface area contributed by atoms with Crippen LogP contribution >= 0.6 is 15.9 Å². The Labute approximate surface area is 194 Å². The second-order valence-corrected chi connectivity index (χ2v) is 8.58. The number of hydrogen-bond donors (Lipinski definition) is 3. The van der Waals surface area contributed by atoms with Crippen LogP contribution in [0.3, 0.4) is 0 Å². The lowest BCUT2D eigenvalue weighted by molar-refractivity contribution is -0.127. The molecule has 2 aliphatic rings. The normalized spacial score (nSPS) is 21.7. The minimum Gasteiger partial charge on any atom is -0.496 e. The van der Waals surface area contributed by atoms with Crippen LogP contribution in [0.4, 0.5) is 4.79 Å². The Morgan fingerprint density at radius 3 is 2.84 bits per heavy atom. The quantitative estimate of drug-likeness (QED) is 0.347. The Bertz CT molecular complexity index is 924. The number of halogens is 1. The molecule has 1 aromatic carbocycles. The first kappa shape index (κ1) is 24.0. The van der Waals surface area contributed by atoms with Gasteiger partial charge in [-0.1, -0.05) is 15.9 Å². The molecule has 11 nitrogen and oxygen atoms in total. The first-order valence-corrected chi connectivity index (χ1v) is 10.8. The molecule has 2 heterocycles. The molecular weight excluding hydrogens is 484 g/mol. The molecule has 12 heteroatoms. The number of amides is 3. The van der Waals surface area contributed by atoms with Crippen molar-refractivity contribution in [2.75, 3.05) is 27.3 Å². The van der Waals surface area contributed by atoms with Crippen molar-refractivity contribution in [2.45, 2.75) is 38.3 Å². The molecule has 0 spiro atoms. The molecule has 3 atom stereocenters. The summed E-state index contributed by atoms with van der Waals surface area (Å²) < 4.78 is 11.7. The lowest BCUT2D eigenvalue weighted by atomic mass is 10.1. The van der Waals surface area contributed by atoms with E-state index in [0.717, 1.165) is 4.47 Å². The summed E-state index contributed by atoms with van der Waals surface area (Å²) in [6.07, 6.45) is -0.117. The van der Waals surface area contributed by atoms with Gasteiger partial charge in [-0.15, -0.1) is 0 Å². The van der Waals surface area contributed by atoms with Crippen molar-refractivity contribution in [1.29, 1.82) is 0 Å². The predicted octanol–water partition coefficient (Wildman–Crippen LogP) is 0.715. The Hall–Kier alpha value is -2.70. The van der Waals surface area contributed by atoms with Gasteiger partial charge in [0, 0.05) is 17.1 Å². The van der Waals surface area contributed by atoms with Crippen molar-refractivity contribution in [3.8, 4) is 5.75 Å². The molecule has 1 saturated heterocycles. The number of imide groups is 1. The number of aliphatic hydroxyl groups is 1. The zero-order valence-electron chi connectivity index (χ0n) is 18.3. The van der Waals surface area contributed by atoms with E-state index in [0.29, 0.717) is 11.3 Å². The van der Waals surface area contributed by atoms with Crippen molar-refractivity contribution in [3.05, 3.63) is 28.2 Å². The number of rotatable bonds is 8. The van der Waals surface area contributed by atoms with Gasteiger partial charge in [0.05, 0.1) is 38.7 Å².